The van der Waals surface area contributed by atoms with Crippen LogP contribution in [0.2, 0.25) is 0 Å². The van der Waals surface area contributed by atoms with Gasteiger partial charge in [0.15, 0.2) is 0 Å². The SMILES string of the molecule is Cl.NC1CCC(NCc2ccccn2)CC1. The highest BCUT2D eigenvalue weighted by Gasteiger charge is 2.17. The fourth-order valence-corrected chi connectivity index (χ4v) is 2.07. The number of aromatic nitrogens is 1. The second-order valence-electron chi connectivity index (χ2n) is 4.31. The molecule has 1 aliphatic rings. The summed E-state index contributed by atoms with van der Waals surface area (Å²) in [7, 11) is 0. The zero-order valence-corrected chi connectivity index (χ0v) is 10.2. The molecule has 0 aliphatic heterocycles. The van der Waals surface area contributed by atoms with Crippen LogP contribution in [-0.2, 0) is 6.54 Å². The number of nitrogens with zero attached hydrogens (tertiary/aromatic N) is 1. The normalized spacial score (nSPS) is 24.8. The summed E-state index contributed by atoms with van der Waals surface area (Å²) >= 11 is 0. The molecule has 2 rings (SSSR count). The maximum Gasteiger partial charge on any atom is 0.0541 e. The number of nitrogens with one attached hydrogen (secondary N) is 1. The molecule has 4 heteroatoms. The third kappa shape index (κ3) is 4.08. The lowest BCUT2D eigenvalue weighted by atomic mass is 9.92. The van der Waals surface area contributed by atoms with Gasteiger partial charge in [0.1, 0.15) is 0 Å². The average molecular weight is 242 g/mol. The fraction of sp³-hybridized carbons (Fsp3) is 0.583. The molecule has 0 radical (unpaired) electrons. The third-order valence-electron chi connectivity index (χ3n) is 3.07. The Bertz CT molecular complexity index is 284. The van der Waals surface area contributed by atoms with Gasteiger partial charge in [0, 0.05) is 24.8 Å². The molecular formula is C12H20ClN3. The van der Waals surface area contributed by atoms with E-state index in [0.29, 0.717) is 12.1 Å². The van der Waals surface area contributed by atoms with E-state index in [1.807, 2.05) is 18.3 Å². The van der Waals surface area contributed by atoms with Gasteiger partial charge in [-0.3, -0.25) is 4.98 Å². The average Bonchev–Trinajstić information content (AvgIpc) is 2.30. The number of rotatable bonds is 3. The number of pyridine rings is 1. The number of hydrogen-bond donors (Lipinski definition) is 2. The van der Waals surface area contributed by atoms with E-state index in [0.717, 1.165) is 25.1 Å². The maximum atomic E-state index is 5.86. The van der Waals surface area contributed by atoms with Crippen LogP contribution in [0.1, 0.15) is 31.4 Å². The zero-order chi connectivity index (χ0) is 10.5. The number of nitrogens with two attached hydrogens (primary N) is 1. The molecule has 3 N–H and O–H groups in total. The van der Waals surface area contributed by atoms with Crippen LogP contribution in [0.25, 0.3) is 0 Å². The molecule has 0 bridgehead atoms. The molecule has 0 spiro atoms. The van der Waals surface area contributed by atoms with Crippen LogP contribution in [-0.4, -0.2) is 17.1 Å². The summed E-state index contributed by atoms with van der Waals surface area (Å²) in [6.07, 6.45) is 6.55. The molecule has 1 saturated carbocycles. The Kier molecular flexibility index (Phi) is 5.74. The van der Waals surface area contributed by atoms with Crippen molar-refractivity contribution in [2.24, 2.45) is 5.73 Å². The van der Waals surface area contributed by atoms with Gasteiger partial charge >= 0.3 is 0 Å². The van der Waals surface area contributed by atoms with Crippen LogP contribution in [0, 0.1) is 0 Å². The quantitative estimate of drug-likeness (QED) is 0.850. The molecule has 90 valence electrons. The standard InChI is InChI=1S/C12H19N3.ClH/c13-10-4-6-11(7-5-10)15-9-12-3-1-2-8-14-12;/h1-3,8,10-11,15H,4-7,9,13H2;1H. The molecule has 16 heavy (non-hydrogen) atoms. The van der Waals surface area contributed by atoms with Gasteiger partial charge in [0.05, 0.1) is 5.69 Å². The van der Waals surface area contributed by atoms with E-state index in [2.05, 4.69) is 16.4 Å². The molecule has 1 heterocycles. The van der Waals surface area contributed by atoms with E-state index in [9.17, 15) is 0 Å². The van der Waals surface area contributed by atoms with Gasteiger partial charge in [-0.2, -0.15) is 0 Å². The maximum absolute atomic E-state index is 5.86. The molecule has 0 amide bonds. The molecule has 1 aromatic heterocycles. The minimum absolute atomic E-state index is 0. The van der Waals surface area contributed by atoms with Gasteiger partial charge < -0.3 is 11.1 Å². The summed E-state index contributed by atoms with van der Waals surface area (Å²) in [5.41, 5.74) is 6.98. The van der Waals surface area contributed by atoms with E-state index >= 15 is 0 Å². The molecule has 0 saturated heterocycles. The summed E-state index contributed by atoms with van der Waals surface area (Å²) in [6, 6.07) is 7.09. The molecule has 1 aromatic rings. The number of halogens is 1. The van der Waals surface area contributed by atoms with Crippen molar-refractivity contribution < 1.29 is 0 Å². The number of hydrogen-bond acceptors (Lipinski definition) is 3. The Morgan fingerprint density at radius 1 is 1.25 bits per heavy atom. The van der Waals surface area contributed by atoms with Crippen LogP contribution < -0.4 is 11.1 Å². The Morgan fingerprint density at radius 2 is 2.00 bits per heavy atom. The van der Waals surface area contributed by atoms with Gasteiger partial charge in [-0.05, 0) is 37.8 Å². The van der Waals surface area contributed by atoms with Crippen molar-refractivity contribution in [3.05, 3.63) is 30.1 Å². The van der Waals surface area contributed by atoms with Gasteiger partial charge in [-0.1, -0.05) is 6.07 Å². The molecular weight excluding hydrogens is 222 g/mol. The second-order valence-corrected chi connectivity index (χ2v) is 4.31. The predicted octanol–water partition coefficient (Wildman–Crippen LogP) is 1.86. The highest BCUT2D eigenvalue weighted by Crippen LogP contribution is 2.17. The second kappa shape index (κ2) is 6.84. The minimum atomic E-state index is 0. The highest BCUT2D eigenvalue weighted by atomic mass is 35.5. The highest BCUT2D eigenvalue weighted by molar-refractivity contribution is 5.85. The van der Waals surface area contributed by atoms with Crippen LogP contribution in [0.5, 0.6) is 0 Å². The largest absolute Gasteiger partial charge is 0.328 e. The van der Waals surface area contributed by atoms with E-state index < -0.39 is 0 Å². The first-order valence-electron chi connectivity index (χ1n) is 5.73. The fourth-order valence-electron chi connectivity index (χ4n) is 2.07. The van der Waals surface area contributed by atoms with E-state index in [1.165, 1.54) is 12.8 Å². The monoisotopic (exact) mass is 241 g/mol. The van der Waals surface area contributed by atoms with Crippen LogP contribution >= 0.6 is 12.4 Å². The molecule has 1 fully saturated rings. The van der Waals surface area contributed by atoms with Crippen molar-refractivity contribution >= 4 is 12.4 Å². The molecule has 0 aromatic carbocycles. The first kappa shape index (κ1) is 13.4. The van der Waals surface area contributed by atoms with E-state index in [1.54, 1.807) is 0 Å². The summed E-state index contributed by atoms with van der Waals surface area (Å²) in [4.78, 5) is 4.29. The predicted molar refractivity (Wildman–Crippen MR) is 68.6 cm³/mol. The van der Waals surface area contributed by atoms with Crippen molar-refractivity contribution in [1.82, 2.24) is 10.3 Å². The van der Waals surface area contributed by atoms with Crippen LogP contribution in [0.15, 0.2) is 24.4 Å². The summed E-state index contributed by atoms with van der Waals surface area (Å²) in [6.45, 7) is 0.876. The lowest BCUT2D eigenvalue weighted by molar-refractivity contribution is 0.341. The molecule has 0 atom stereocenters. The topological polar surface area (TPSA) is 50.9 Å². The van der Waals surface area contributed by atoms with Gasteiger partial charge in [0.25, 0.3) is 0 Å². The smallest absolute Gasteiger partial charge is 0.0541 e. The Balaban J connectivity index is 0.00000128. The van der Waals surface area contributed by atoms with Crippen molar-refractivity contribution in [1.29, 1.82) is 0 Å². The minimum Gasteiger partial charge on any atom is -0.328 e. The molecule has 3 nitrogen and oxygen atoms in total. The van der Waals surface area contributed by atoms with E-state index in [-0.39, 0.29) is 12.4 Å². The van der Waals surface area contributed by atoms with Gasteiger partial charge in [-0.25, -0.2) is 0 Å². The van der Waals surface area contributed by atoms with Crippen molar-refractivity contribution in [3.63, 3.8) is 0 Å². The van der Waals surface area contributed by atoms with Gasteiger partial charge in [-0.15, -0.1) is 12.4 Å². The molecule has 0 unspecified atom stereocenters. The lowest BCUT2D eigenvalue weighted by Crippen LogP contribution is -2.37. The first-order valence-corrected chi connectivity index (χ1v) is 5.73. The Hall–Kier alpha value is -0.640. The van der Waals surface area contributed by atoms with Crippen molar-refractivity contribution in [2.45, 2.75) is 44.3 Å². The first-order chi connectivity index (χ1) is 7.34. The van der Waals surface area contributed by atoms with Gasteiger partial charge in [0.2, 0.25) is 0 Å². The van der Waals surface area contributed by atoms with E-state index in [4.69, 9.17) is 5.73 Å². The Labute approximate surface area is 103 Å². The summed E-state index contributed by atoms with van der Waals surface area (Å²) in [5.74, 6) is 0. The lowest BCUT2D eigenvalue weighted by Gasteiger charge is -2.26. The Morgan fingerprint density at radius 3 is 2.62 bits per heavy atom. The molecule has 1 aliphatic carbocycles. The summed E-state index contributed by atoms with van der Waals surface area (Å²) < 4.78 is 0. The zero-order valence-electron chi connectivity index (χ0n) is 9.43. The van der Waals surface area contributed by atoms with Crippen LogP contribution in [0.4, 0.5) is 0 Å². The van der Waals surface area contributed by atoms with Crippen LogP contribution in [0.3, 0.4) is 0 Å². The summed E-state index contributed by atoms with van der Waals surface area (Å²) in [5, 5.41) is 3.54. The third-order valence-corrected chi connectivity index (χ3v) is 3.07. The van der Waals surface area contributed by atoms with Crippen molar-refractivity contribution in [2.75, 3.05) is 0 Å². The van der Waals surface area contributed by atoms with Crippen molar-refractivity contribution in [3.8, 4) is 0 Å².